The maximum atomic E-state index is 13.4. The molecule has 0 aromatic heterocycles. The first-order valence-corrected chi connectivity index (χ1v) is 11.0. The topological polar surface area (TPSA) is 60.0 Å². The van der Waals surface area contributed by atoms with E-state index in [9.17, 15) is 9.18 Å². The Morgan fingerprint density at radius 2 is 2.21 bits per heavy atom. The molecule has 1 atom stereocenters. The van der Waals surface area contributed by atoms with Crippen LogP contribution in [0.2, 0.25) is 0 Å². The molecule has 1 unspecified atom stereocenters. The molecule has 2 N–H and O–H groups in total. The molecule has 6 nitrogen and oxygen atoms in total. The second kappa shape index (κ2) is 11.1. The number of hydrogen-bond donors (Lipinski definition) is 2. The fourth-order valence-electron chi connectivity index (χ4n) is 3.19. The van der Waals surface area contributed by atoms with Gasteiger partial charge in [0, 0.05) is 51.2 Å². The second-order valence-corrected chi connectivity index (χ2v) is 8.22. The Bertz CT molecular complexity index is 683. The van der Waals surface area contributed by atoms with Gasteiger partial charge in [-0.05, 0) is 49.8 Å². The number of piperidine rings is 1. The van der Waals surface area contributed by atoms with Crippen molar-refractivity contribution in [3.63, 3.8) is 0 Å². The van der Waals surface area contributed by atoms with Crippen molar-refractivity contribution in [3.05, 3.63) is 29.6 Å². The van der Waals surface area contributed by atoms with Crippen molar-refractivity contribution >= 4 is 29.3 Å². The summed E-state index contributed by atoms with van der Waals surface area (Å²) in [4.78, 5) is 20.2. The van der Waals surface area contributed by atoms with E-state index < -0.39 is 0 Å². The minimum atomic E-state index is -0.203. The molecule has 1 aliphatic rings. The highest BCUT2D eigenvalue weighted by molar-refractivity contribution is 7.98. The molecule has 0 aliphatic carbocycles. The van der Waals surface area contributed by atoms with E-state index in [4.69, 9.17) is 0 Å². The predicted octanol–water partition coefficient (Wildman–Crippen LogP) is 2.09. The summed E-state index contributed by atoms with van der Waals surface area (Å²) in [6.45, 7) is 4.62. The Morgan fingerprint density at radius 3 is 2.89 bits per heavy atom. The number of thioether (sulfide) groups is 1. The first-order chi connectivity index (χ1) is 13.4. The van der Waals surface area contributed by atoms with Gasteiger partial charge in [-0.2, -0.15) is 11.8 Å². The number of hydrogen-bond acceptors (Lipinski definition) is 4. The van der Waals surface area contributed by atoms with Gasteiger partial charge in [-0.15, -0.1) is 0 Å². The van der Waals surface area contributed by atoms with Gasteiger partial charge in [0.25, 0.3) is 0 Å². The van der Waals surface area contributed by atoms with E-state index in [-0.39, 0.29) is 24.3 Å². The lowest BCUT2D eigenvalue weighted by Gasteiger charge is -2.36. The van der Waals surface area contributed by atoms with Gasteiger partial charge in [0.2, 0.25) is 5.91 Å². The quantitative estimate of drug-likeness (QED) is 0.410. The maximum Gasteiger partial charge on any atom is 0.243 e. The highest BCUT2D eigenvalue weighted by Crippen LogP contribution is 2.24. The van der Waals surface area contributed by atoms with Crippen molar-refractivity contribution in [2.75, 3.05) is 57.2 Å². The fraction of sp³-hybridized carbons (Fsp3) is 0.600. The van der Waals surface area contributed by atoms with E-state index in [0.29, 0.717) is 5.96 Å². The van der Waals surface area contributed by atoms with Gasteiger partial charge < -0.3 is 20.4 Å². The van der Waals surface area contributed by atoms with Gasteiger partial charge in [0.15, 0.2) is 5.96 Å². The average Bonchev–Trinajstić information content (AvgIpc) is 2.66. The second-order valence-electron chi connectivity index (χ2n) is 7.23. The molecule has 28 heavy (non-hydrogen) atoms. The van der Waals surface area contributed by atoms with E-state index in [1.807, 2.05) is 13.0 Å². The summed E-state index contributed by atoms with van der Waals surface area (Å²) in [5.41, 5.74) is 2.02. The zero-order chi connectivity index (χ0) is 20.5. The highest BCUT2D eigenvalue weighted by Gasteiger charge is 2.22. The predicted molar refractivity (Wildman–Crippen MR) is 117 cm³/mol. The Labute approximate surface area is 171 Å². The number of benzene rings is 1. The van der Waals surface area contributed by atoms with Crippen LogP contribution in [0.1, 0.15) is 18.4 Å². The van der Waals surface area contributed by atoms with Crippen LogP contribution in [-0.2, 0) is 4.79 Å². The number of likely N-dealkylation sites (N-methyl/N-ethyl adjacent to an activating group) is 1. The number of anilines is 1. The summed E-state index contributed by atoms with van der Waals surface area (Å²) in [5, 5.41) is 6.80. The van der Waals surface area contributed by atoms with Gasteiger partial charge in [-0.25, -0.2) is 9.38 Å². The maximum absolute atomic E-state index is 13.4. The number of guanidine groups is 1. The molecule has 1 aromatic rings. The van der Waals surface area contributed by atoms with Crippen LogP contribution >= 0.6 is 11.8 Å². The molecule has 156 valence electrons. The van der Waals surface area contributed by atoms with Gasteiger partial charge in [-0.3, -0.25) is 4.79 Å². The van der Waals surface area contributed by atoms with Crippen LogP contribution in [0.5, 0.6) is 0 Å². The van der Waals surface area contributed by atoms with E-state index >= 15 is 0 Å². The van der Waals surface area contributed by atoms with Crippen molar-refractivity contribution < 1.29 is 9.18 Å². The first kappa shape index (κ1) is 22.3. The van der Waals surface area contributed by atoms with Crippen LogP contribution in [-0.4, -0.2) is 75.1 Å². The number of nitrogens with zero attached hydrogens (tertiary/aromatic N) is 3. The SMILES string of the molecule is CSCCNC(=NCC(=O)N(C)C)NC1CCCN(c2ccc(F)cc2C)C1. The summed E-state index contributed by atoms with van der Waals surface area (Å²) in [6.07, 6.45) is 4.14. The third kappa shape index (κ3) is 6.89. The van der Waals surface area contributed by atoms with Gasteiger partial charge >= 0.3 is 0 Å². The number of nitrogens with one attached hydrogen (secondary N) is 2. The molecule has 1 saturated heterocycles. The van der Waals surface area contributed by atoms with Crippen molar-refractivity contribution in [1.29, 1.82) is 0 Å². The van der Waals surface area contributed by atoms with Crippen LogP contribution in [0.25, 0.3) is 0 Å². The lowest BCUT2D eigenvalue weighted by atomic mass is 10.0. The van der Waals surface area contributed by atoms with Gasteiger partial charge in [0.05, 0.1) is 0 Å². The molecule has 0 saturated carbocycles. The Morgan fingerprint density at radius 1 is 1.43 bits per heavy atom. The van der Waals surface area contributed by atoms with E-state index in [2.05, 4.69) is 26.8 Å². The minimum absolute atomic E-state index is 0.0295. The number of amides is 1. The van der Waals surface area contributed by atoms with E-state index in [1.165, 1.54) is 6.07 Å². The fourth-order valence-corrected chi connectivity index (χ4v) is 3.50. The zero-order valence-corrected chi connectivity index (χ0v) is 18.1. The lowest BCUT2D eigenvalue weighted by molar-refractivity contribution is -0.127. The van der Waals surface area contributed by atoms with Crippen LogP contribution in [0, 0.1) is 12.7 Å². The molecule has 0 radical (unpaired) electrons. The van der Waals surface area contributed by atoms with Crippen LogP contribution < -0.4 is 15.5 Å². The molecule has 1 aliphatic heterocycles. The molecule has 8 heteroatoms. The number of rotatable bonds is 7. The standard InChI is InChI=1S/C20H32FN5OS/c1-15-12-16(21)7-8-18(15)26-10-5-6-17(14-26)24-20(22-9-11-28-4)23-13-19(27)25(2)3/h7-8,12,17H,5-6,9-11,13-14H2,1-4H3,(H2,22,23,24). The van der Waals surface area contributed by atoms with Crippen LogP contribution in [0.3, 0.4) is 0 Å². The summed E-state index contributed by atoms with van der Waals surface area (Å²) in [7, 11) is 3.46. The van der Waals surface area contributed by atoms with E-state index in [1.54, 1.807) is 36.8 Å². The van der Waals surface area contributed by atoms with Crippen molar-refractivity contribution in [2.45, 2.75) is 25.8 Å². The third-order valence-electron chi connectivity index (χ3n) is 4.73. The van der Waals surface area contributed by atoms with Gasteiger partial charge in [-0.1, -0.05) is 0 Å². The summed E-state index contributed by atoms with van der Waals surface area (Å²) in [6, 6.07) is 5.17. The molecule has 1 fully saturated rings. The number of aliphatic imine (C=N–C) groups is 1. The number of aryl methyl sites for hydroxylation is 1. The Kier molecular flexibility index (Phi) is 8.89. The van der Waals surface area contributed by atoms with Crippen LogP contribution in [0.15, 0.2) is 23.2 Å². The Hall–Kier alpha value is -1.96. The van der Waals surface area contributed by atoms with Crippen LogP contribution in [0.4, 0.5) is 10.1 Å². The molecular formula is C20H32FN5OS. The average molecular weight is 410 g/mol. The molecule has 0 spiro atoms. The molecule has 1 amide bonds. The van der Waals surface area contributed by atoms with E-state index in [0.717, 1.165) is 49.5 Å². The summed E-state index contributed by atoms with van der Waals surface area (Å²) >= 11 is 1.76. The molecule has 1 heterocycles. The summed E-state index contributed by atoms with van der Waals surface area (Å²) < 4.78 is 13.4. The molecule has 0 bridgehead atoms. The van der Waals surface area contributed by atoms with Crippen molar-refractivity contribution in [1.82, 2.24) is 15.5 Å². The normalized spacial score (nSPS) is 17.4. The zero-order valence-electron chi connectivity index (χ0n) is 17.3. The summed E-state index contributed by atoms with van der Waals surface area (Å²) in [5.74, 6) is 1.41. The number of carbonyl (C=O) groups excluding carboxylic acids is 1. The Balaban J connectivity index is 2.03. The monoisotopic (exact) mass is 409 g/mol. The molecular weight excluding hydrogens is 377 g/mol. The molecule has 2 rings (SSSR count). The first-order valence-electron chi connectivity index (χ1n) is 9.65. The van der Waals surface area contributed by atoms with Crippen molar-refractivity contribution in [3.8, 4) is 0 Å². The van der Waals surface area contributed by atoms with Gasteiger partial charge in [0.1, 0.15) is 12.4 Å². The lowest BCUT2D eigenvalue weighted by Crippen LogP contribution is -2.52. The largest absolute Gasteiger partial charge is 0.369 e. The highest BCUT2D eigenvalue weighted by atomic mass is 32.2. The number of halogens is 1. The smallest absolute Gasteiger partial charge is 0.243 e. The van der Waals surface area contributed by atoms with Crippen molar-refractivity contribution in [2.24, 2.45) is 4.99 Å². The molecule has 1 aromatic carbocycles. The third-order valence-corrected chi connectivity index (χ3v) is 5.34. The minimum Gasteiger partial charge on any atom is -0.369 e. The number of carbonyl (C=O) groups is 1.